The Hall–Kier alpha value is -3.27. The van der Waals surface area contributed by atoms with Crippen LogP contribution in [-0.2, 0) is 14.3 Å². The van der Waals surface area contributed by atoms with Crippen molar-refractivity contribution in [3.63, 3.8) is 0 Å². The predicted octanol–water partition coefficient (Wildman–Crippen LogP) is 2.31. The first-order valence-electron chi connectivity index (χ1n) is 12.7. The third-order valence-electron chi connectivity index (χ3n) is 7.05. The SMILES string of the molecule is O=C1CCCN1CCCN1C[C@H](OCC2CC2)CN(C(=O)c2cc(-c3ccc(F)cc3)n[nH]2)CC1=O. The number of aromatic nitrogens is 2. The van der Waals surface area contributed by atoms with Crippen molar-refractivity contribution in [1.29, 1.82) is 0 Å². The molecule has 0 spiro atoms. The van der Waals surface area contributed by atoms with Gasteiger partial charge in [-0.3, -0.25) is 19.5 Å². The summed E-state index contributed by atoms with van der Waals surface area (Å²) in [6.45, 7) is 3.26. The highest BCUT2D eigenvalue weighted by Crippen LogP contribution is 2.29. The van der Waals surface area contributed by atoms with Crippen molar-refractivity contribution < 1.29 is 23.5 Å². The number of nitrogens with one attached hydrogen (secondary N) is 1. The second kappa shape index (κ2) is 10.8. The van der Waals surface area contributed by atoms with Crippen molar-refractivity contribution in [2.45, 2.75) is 38.2 Å². The number of H-pyrrole nitrogens is 1. The molecule has 3 heterocycles. The maximum absolute atomic E-state index is 13.3. The maximum Gasteiger partial charge on any atom is 0.272 e. The van der Waals surface area contributed by atoms with E-state index in [2.05, 4.69) is 10.2 Å². The van der Waals surface area contributed by atoms with Crippen molar-refractivity contribution >= 4 is 17.7 Å². The number of halogens is 1. The Morgan fingerprint density at radius 1 is 1.08 bits per heavy atom. The van der Waals surface area contributed by atoms with E-state index in [0.717, 1.165) is 25.8 Å². The lowest BCUT2D eigenvalue weighted by atomic mass is 10.1. The highest BCUT2D eigenvalue weighted by Gasteiger charge is 2.33. The molecule has 1 aliphatic carbocycles. The van der Waals surface area contributed by atoms with E-state index in [0.29, 0.717) is 62.8 Å². The first-order chi connectivity index (χ1) is 17.5. The van der Waals surface area contributed by atoms with Crippen LogP contribution in [0.25, 0.3) is 11.3 Å². The quantitative estimate of drug-likeness (QED) is 0.573. The molecule has 1 aromatic carbocycles. The number of benzene rings is 1. The summed E-state index contributed by atoms with van der Waals surface area (Å²) in [5.74, 6) is -0.0593. The minimum Gasteiger partial charge on any atom is -0.374 e. The van der Waals surface area contributed by atoms with Gasteiger partial charge >= 0.3 is 0 Å². The lowest BCUT2D eigenvalue weighted by Crippen LogP contribution is -2.40. The molecule has 2 aliphatic heterocycles. The molecule has 0 bridgehead atoms. The van der Waals surface area contributed by atoms with Crippen molar-refractivity contribution in [1.82, 2.24) is 24.9 Å². The molecule has 2 aromatic rings. The van der Waals surface area contributed by atoms with E-state index in [1.807, 2.05) is 4.90 Å². The predicted molar refractivity (Wildman–Crippen MR) is 129 cm³/mol. The number of aromatic amines is 1. The van der Waals surface area contributed by atoms with Crippen LogP contribution < -0.4 is 0 Å². The van der Waals surface area contributed by atoms with Crippen LogP contribution in [0.1, 0.15) is 42.6 Å². The van der Waals surface area contributed by atoms with Gasteiger partial charge in [-0.25, -0.2) is 4.39 Å². The lowest BCUT2D eigenvalue weighted by Gasteiger charge is -2.25. The number of amides is 3. The number of carbonyl (C=O) groups is 3. The van der Waals surface area contributed by atoms with Gasteiger partial charge in [0, 0.05) is 51.3 Å². The fourth-order valence-corrected chi connectivity index (χ4v) is 4.77. The molecule has 1 saturated carbocycles. The van der Waals surface area contributed by atoms with Crippen LogP contribution >= 0.6 is 0 Å². The van der Waals surface area contributed by atoms with Gasteiger partial charge < -0.3 is 19.4 Å². The maximum atomic E-state index is 13.3. The summed E-state index contributed by atoms with van der Waals surface area (Å²) in [7, 11) is 0. The van der Waals surface area contributed by atoms with E-state index in [1.54, 1.807) is 23.1 Å². The van der Waals surface area contributed by atoms with Gasteiger partial charge in [0.25, 0.3) is 5.91 Å². The normalized spacial score (nSPS) is 20.8. The smallest absolute Gasteiger partial charge is 0.272 e. The molecular formula is C26H32FN5O4. The van der Waals surface area contributed by atoms with E-state index in [1.165, 1.54) is 17.0 Å². The fraction of sp³-hybridized carbons (Fsp3) is 0.538. The topological polar surface area (TPSA) is 98.8 Å². The van der Waals surface area contributed by atoms with E-state index in [4.69, 9.17) is 4.74 Å². The Labute approximate surface area is 209 Å². The zero-order valence-electron chi connectivity index (χ0n) is 20.3. The molecule has 9 nitrogen and oxygen atoms in total. The van der Waals surface area contributed by atoms with Crippen LogP contribution in [0.5, 0.6) is 0 Å². The van der Waals surface area contributed by atoms with Crippen molar-refractivity contribution in [2.75, 3.05) is 45.9 Å². The summed E-state index contributed by atoms with van der Waals surface area (Å²) >= 11 is 0. The number of ether oxygens (including phenoxy) is 1. The van der Waals surface area contributed by atoms with Gasteiger partial charge in [-0.1, -0.05) is 0 Å². The Morgan fingerprint density at radius 3 is 2.58 bits per heavy atom. The number of likely N-dealkylation sites (tertiary alicyclic amines) is 1. The largest absolute Gasteiger partial charge is 0.374 e. The highest BCUT2D eigenvalue weighted by molar-refractivity contribution is 5.96. The summed E-state index contributed by atoms with van der Waals surface area (Å²) < 4.78 is 19.4. The average molecular weight is 498 g/mol. The van der Waals surface area contributed by atoms with Crippen LogP contribution in [0.15, 0.2) is 30.3 Å². The summed E-state index contributed by atoms with van der Waals surface area (Å²) in [6.07, 6.45) is 4.22. The van der Waals surface area contributed by atoms with Crippen molar-refractivity contribution in [3.05, 3.63) is 41.8 Å². The van der Waals surface area contributed by atoms with Crippen LogP contribution in [0.2, 0.25) is 0 Å². The number of carbonyl (C=O) groups excluding carboxylic acids is 3. The van der Waals surface area contributed by atoms with Crippen molar-refractivity contribution in [3.8, 4) is 11.3 Å². The number of hydrogen-bond donors (Lipinski definition) is 1. The zero-order valence-corrected chi connectivity index (χ0v) is 20.3. The molecule has 10 heteroatoms. The molecule has 1 atom stereocenters. The van der Waals surface area contributed by atoms with Crippen LogP contribution in [-0.4, -0.2) is 94.6 Å². The second-order valence-corrected chi connectivity index (χ2v) is 9.94. The highest BCUT2D eigenvalue weighted by atomic mass is 19.1. The Morgan fingerprint density at radius 2 is 1.86 bits per heavy atom. The van der Waals surface area contributed by atoms with Crippen LogP contribution in [0, 0.1) is 11.7 Å². The summed E-state index contributed by atoms with van der Waals surface area (Å²) in [4.78, 5) is 43.5. The number of nitrogens with zero attached hydrogens (tertiary/aromatic N) is 4. The molecular weight excluding hydrogens is 465 g/mol. The van der Waals surface area contributed by atoms with Gasteiger partial charge in [0.05, 0.1) is 11.8 Å². The summed E-state index contributed by atoms with van der Waals surface area (Å²) in [5, 5.41) is 6.98. The first-order valence-corrected chi connectivity index (χ1v) is 12.7. The van der Waals surface area contributed by atoms with Gasteiger partial charge in [0.15, 0.2) is 0 Å². The minimum absolute atomic E-state index is 0.0460. The van der Waals surface area contributed by atoms with E-state index >= 15 is 0 Å². The second-order valence-electron chi connectivity index (χ2n) is 9.94. The molecule has 0 unspecified atom stereocenters. The summed E-state index contributed by atoms with van der Waals surface area (Å²) in [6, 6.07) is 7.51. The van der Waals surface area contributed by atoms with Crippen LogP contribution in [0.4, 0.5) is 4.39 Å². The van der Waals surface area contributed by atoms with Crippen LogP contribution in [0.3, 0.4) is 0 Å². The van der Waals surface area contributed by atoms with Gasteiger partial charge in [-0.05, 0) is 61.9 Å². The van der Waals surface area contributed by atoms with Gasteiger partial charge in [-0.2, -0.15) is 5.10 Å². The molecule has 2 saturated heterocycles. The number of rotatable bonds is 9. The van der Waals surface area contributed by atoms with E-state index in [9.17, 15) is 18.8 Å². The monoisotopic (exact) mass is 497 g/mol. The molecule has 0 radical (unpaired) electrons. The minimum atomic E-state index is -0.345. The van der Waals surface area contributed by atoms with Gasteiger partial charge in [0.2, 0.25) is 11.8 Å². The zero-order chi connectivity index (χ0) is 25.1. The summed E-state index contributed by atoms with van der Waals surface area (Å²) in [5.41, 5.74) is 1.48. The third-order valence-corrected chi connectivity index (χ3v) is 7.05. The molecule has 3 amide bonds. The lowest BCUT2D eigenvalue weighted by molar-refractivity contribution is -0.131. The first kappa shape index (κ1) is 24.4. The molecule has 3 fully saturated rings. The Balaban J connectivity index is 1.25. The van der Waals surface area contributed by atoms with Crippen molar-refractivity contribution in [2.24, 2.45) is 5.92 Å². The molecule has 5 rings (SSSR count). The van der Waals surface area contributed by atoms with E-state index in [-0.39, 0.29) is 41.9 Å². The fourth-order valence-electron chi connectivity index (χ4n) is 4.77. The molecule has 192 valence electrons. The van der Waals surface area contributed by atoms with Gasteiger partial charge in [-0.15, -0.1) is 0 Å². The van der Waals surface area contributed by atoms with E-state index < -0.39 is 0 Å². The molecule has 36 heavy (non-hydrogen) atoms. The molecule has 1 aromatic heterocycles. The molecule has 1 N–H and O–H groups in total. The third kappa shape index (κ3) is 5.92. The van der Waals surface area contributed by atoms with Gasteiger partial charge in [0.1, 0.15) is 18.1 Å². The molecule has 3 aliphatic rings. The Kier molecular flexibility index (Phi) is 7.31. The number of hydrogen-bond acceptors (Lipinski definition) is 5. The average Bonchev–Trinajstić information content (AvgIpc) is 3.46. The standard InChI is InChI=1S/C26H32FN5O4/c27-20-8-6-19(7-9-20)22-13-23(29-28-22)26(35)32-15-21(36-17-18-4-5-18)14-31(25(34)16-32)12-2-11-30-10-1-3-24(30)33/h6-9,13,18,21H,1-5,10-12,14-17H2,(H,28,29)/t21-/m0/s1. The Bertz CT molecular complexity index is 1100.